The number of carbonyl (C=O) groups excluding carboxylic acids is 2. The van der Waals surface area contributed by atoms with Crippen LogP contribution in [-0.4, -0.2) is 23.7 Å². The number of hydrogen-bond donors (Lipinski definition) is 2. The maximum atomic E-state index is 12.2. The van der Waals surface area contributed by atoms with Crippen LogP contribution < -0.4 is 10.7 Å². The van der Waals surface area contributed by atoms with E-state index in [2.05, 4.69) is 10.5 Å². The van der Waals surface area contributed by atoms with E-state index in [1.165, 1.54) is 24.3 Å². The van der Waals surface area contributed by atoms with Crippen molar-refractivity contribution in [2.75, 3.05) is 5.32 Å². The lowest BCUT2D eigenvalue weighted by Gasteiger charge is -2.09. The second kappa shape index (κ2) is 8.03. The predicted molar refractivity (Wildman–Crippen MR) is 96.7 cm³/mol. The SMILES string of the molecule is C/C(=N/NC(=O)c1ccc(C)c(C)c1)c1ccc(NC(=O)C(F)(F)F)cc1. The quantitative estimate of drug-likeness (QED) is 0.625. The van der Waals surface area contributed by atoms with E-state index in [4.69, 9.17) is 0 Å². The minimum atomic E-state index is -4.95. The van der Waals surface area contributed by atoms with E-state index >= 15 is 0 Å². The number of rotatable bonds is 4. The van der Waals surface area contributed by atoms with Crippen molar-refractivity contribution >= 4 is 23.2 Å². The molecule has 0 heterocycles. The molecule has 2 amide bonds. The van der Waals surface area contributed by atoms with Crippen molar-refractivity contribution in [3.8, 4) is 0 Å². The first-order valence-electron chi connectivity index (χ1n) is 7.98. The van der Waals surface area contributed by atoms with Crippen LogP contribution in [0.5, 0.6) is 0 Å². The summed E-state index contributed by atoms with van der Waals surface area (Å²) in [7, 11) is 0. The van der Waals surface area contributed by atoms with Crippen molar-refractivity contribution in [2.24, 2.45) is 5.10 Å². The van der Waals surface area contributed by atoms with Gasteiger partial charge in [0.25, 0.3) is 5.91 Å². The summed E-state index contributed by atoms with van der Waals surface area (Å²) in [4.78, 5) is 23.0. The zero-order chi connectivity index (χ0) is 20.2. The van der Waals surface area contributed by atoms with Gasteiger partial charge in [0.15, 0.2) is 0 Å². The third-order valence-electron chi connectivity index (χ3n) is 3.91. The number of hydrazone groups is 1. The number of anilines is 1. The Morgan fingerprint density at radius 3 is 2.07 bits per heavy atom. The molecule has 2 rings (SSSR count). The molecule has 2 aromatic rings. The van der Waals surface area contributed by atoms with Crippen LogP contribution in [0.4, 0.5) is 18.9 Å². The van der Waals surface area contributed by atoms with E-state index in [0.29, 0.717) is 16.8 Å². The maximum absolute atomic E-state index is 12.2. The fourth-order valence-electron chi connectivity index (χ4n) is 2.14. The first-order chi connectivity index (χ1) is 12.6. The number of nitrogens with zero attached hydrogens (tertiary/aromatic N) is 1. The number of nitrogens with one attached hydrogen (secondary N) is 2. The van der Waals surface area contributed by atoms with Crippen molar-refractivity contribution in [1.29, 1.82) is 0 Å². The molecule has 0 fully saturated rings. The number of amides is 2. The molecule has 0 bridgehead atoms. The zero-order valence-electron chi connectivity index (χ0n) is 14.9. The molecule has 0 atom stereocenters. The minimum Gasteiger partial charge on any atom is -0.318 e. The molecule has 0 aliphatic carbocycles. The standard InChI is InChI=1S/C19H18F3N3O2/c1-11-4-5-15(10-12(11)2)17(26)25-24-13(3)14-6-8-16(9-7-14)23-18(27)19(20,21)22/h4-10H,1-3H3,(H,23,27)(H,25,26)/b24-13-. The summed E-state index contributed by atoms with van der Waals surface area (Å²) in [5.41, 5.74) is 6.02. The van der Waals surface area contributed by atoms with Crippen LogP contribution >= 0.6 is 0 Å². The van der Waals surface area contributed by atoms with Gasteiger partial charge in [0.05, 0.1) is 5.71 Å². The molecule has 0 radical (unpaired) electrons. The summed E-state index contributed by atoms with van der Waals surface area (Å²) in [5, 5.41) is 5.76. The largest absolute Gasteiger partial charge is 0.471 e. The van der Waals surface area contributed by atoms with Crippen LogP contribution in [0.2, 0.25) is 0 Å². The smallest absolute Gasteiger partial charge is 0.318 e. The Kier molecular flexibility index (Phi) is 5.99. The summed E-state index contributed by atoms with van der Waals surface area (Å²) in [6, 6.07) is 10.9. The fraction of sp³-hybridized carbons (Fsp3) is 0.211. The molecule has 142 valence electrons. The molecule has 5 nitrogen and oxygen atoms in total. The second-order valence-corrected chi connectivity index (χ2v) is 5.97. The molecular weight excluding hydrogens is 359 g/mol. The lowest BCUT2D eigenvalue weighted by atomic mass is 10.1. The minimum absolute atomic E-state index is 0.00745. The van der Waals surface area contributed by atoms with Crippen molar-refractivity contribution in [2.45, 2.75) is 26.9 Å². The fourth-order valence-corrected chi connectivity index (χ4v) is 2.14. The molecule has 0 aliphatic rings. The molecule has 0 aliphatic heterocycles. The molecule has 8 heteroatoms. The van der Waals surface area contributed by atoms with Crippen LogP contribution in [0.1, 0.15) is 34.0 Å². The Bertz CT molecular complexity index is 888. The Hall–Kier alpha value is -3.16. The molecule has 0 saturated carbocycles. The first kappa shape index (κ1) is 20.2. The number of alkyl halides is 3. The van der Waals surface area contributed by atoms with Gasteiger partial charge < -0.3 is 5.32 Å². The van der Waals surface area contributed by atoms with E-state index in [1.807, 2.05) is 19.9 Å². The molecule has 27 heavy (non-hydrogen) atoms. The molecule has 0 aromatic heterocycles. The lowest BCUT2D eigenvalue weighted by Crippen LogP contribution is -2.29. The van der Waals surface area contributed by atoms with E-state index in [0.717, 1.165) is 11.1 Å². The van der Waals surface area contributed by atoms with Crippen molar-refractivity contribution in [1.82, 2.24) is 5.43 Å². The van der Waals surface area contributed by atoms with Gasteiger partial charge in [-0.2, -0.15) is 18.3 Å². The molecule has 0 unspecified atom stereocenters. The summed E-state index contributed by atoms with van der Waals surface area (Å²) in [5.74, 6) is -2.41. The van der Waals surface area contributed by atoms with Crippen LogP contribution in [0.15, 0.2) is 47.6 Å². The maximum Gasteiger partial charge on any atom is 0.471 e. The summed E-state index contributed by atoms with van der Waals surface area (Å²) < 4.78 is 36.7. The van der Waals surface area contributed by atoms with Crippen molar-refractivity contribution < 1.29 is 22.8 Å². The molecular formula is C19H18F3N3O2. The van der Waals surface area contributed by atoms with Gasteiger partial charge in [-0.15, -0.1) is 0 Å². The van der Waals surface area contributed by atoms with E-state index in [9.17, 15) is 22.8 Å². The van der Waals surface area contributed by atoms with E-state index in [-0.39, 0.29) is 11.6 Å². The van der Waals surface area contributed by atoms with Crippen LogP contribution in [-0.2, 0) is 4.79 Å². The monoisotopic (exact) mass is 377 g/mol. The van der Waals surface area contributed by atoms with Gasteiger partial charge in [-0.1, -0.05) is 18.2 Å². The predicted octanol–water partition coefficient (Wildman–Crippen LogP) is 3.96. The van der Waals surface area contributed by atoms with Gasteiger partial charge in [-0.25, -0.2) is 5.43 Å². The van der Waals surface area contributed by atoms with Gasteiger partial charge in [-0.3, -0.25) is 9.59 Å². The van der Waals surface area contributed by atoms with Gasteiger partial charge in [0.2, 0.25) is 0 Å². The Morgan fingerprint density at radius 2 is 1.52 bits per heavy atom. The normalized spacial score (nSPS) is 11.9. The average Bonchev–Trinajstić information content (AvgIpc) is 2.61. The van der Waals surface area contributed by atoms with Gasteiger partial charge in [-0.05, 0) is 61.7 Å². The zero-order valence-corrected chi connectivity index (χ0v) is 14.9. The van der Waals surface area contributed by atoms with Crippen molar-refractivity contribution in [3.05, 3.63) is 64.7 Å². The molecule has 0 saturated heterocycles. The van der Waals surface area contributed by atoms with Gasteiger partial charge in [0, 0.05) is 11.3 Å². The van der Waals surface area contributed by atoms with Gasteiger partial charge >= 0.3 is 12.1 Å². The highest BCUT2D eigenvalue weighted by Crippen LogP contribution is 2.18. The number of aryl methyl sites for hydroxylation is 2. The first-order valence-corrected chi connectivity index (χ1v) is 7.98. The molecule has 0 spiro atoms. The number of hydrogen-bond acceptors (Lipinski definition) is 3. The second-order valence-electron chi connectivity index (χ2n) is 5.97. The highest BCUT2D eigenvalue weighted by Gasteiger charge is 2.38. The average molecular weight is 377 g/mol. The van der Waals surface area contributed by atoms with Crippen LogP contribution in [0.25, 0.3) is 0 Å². The number of halogens is 3. The van der Waals surface area contributed by atoms with Crippen LogP contribution in [0, 0.1) is 13.8 Å². The Balaban J connectivity index is 2.04. The third kappa shape index (κ3) is 5.40. The van der Waals surface area contributed by atoms with E-state index < -0.39 is 12.1 Å². The summed E-state index contributed by atoms with van der Waals surface area (Å²) >= 11 is 0. The van der Waals surface area contributed by atoms with E-state index in [1.54, 1.807) is 24.4 Å². The summed E-state index contributed by atoms with van der Waals surface area (Å²) in [6.45, 7) is 5.49. The van der Waals surface area contributed by atoms with Crippen LogP contribution in [0.3, 0.4) is 0 Å². The Morgan fingerprint density at radius 1 is 0.926 bits per heavy atom. The van der Waals surface area contributed by atoms with Gasteiger partial charge in [0.1, 0.15) is 0 Å². The highest BCUT2D eigenvalue weighted by atomic mass is 19.4. The number of carbonyl (C=O) groups is 2. The number of benzene rings is 2. The Labute approximate surface area is 154 Å². The van der Waals surface area contributed by atoms with Crippen molar-refractivity contribution in [3.63, 3.8) is 0 Å². The highest BCUT2D eigenvalue weighted by molar-refractivity contribution is 6.01. The topological polar surface area (TPSA) is 70.6 Å². The molecule has 2 aromatic carbocycles. The third-order valence-corrected chi connectivity index (χ3v) is 3.91. The summed E-state index contributed by atoms with van der Waals surface area (Å²) in [6.07, 6.45) is -4.95. The lowest BCUT2D eigenvalue weighted by molar-refractivity contribution is -0.167. The molecule has 2 N–H and O–H groups in total.